The minimum Gasteiger partial charge on any atom is -0.385 e. The van der Waals surface area contributed by atoms with Gasteiger partial charge in [0.2, 0.25) is 0 Å². The molecule has 3 unspecified atom stereocenters. The Balaban J connectivity index is 2.48. The van der Waals surface area contributed by atoms with Gasteiger partial charge in [0, 0.05) is 25.8 Å². The highest BCUT2D eigenvalue weighted by atomic mass is 19.4. The molecule has 0 aromatic carbocycles. The lowest BCUT2D eigenvalue weighted by molar-refractivity contribution is -0.189. The van der Waals surface area contributed by atoms with Crippen molar-refractivity contribution in [3.63, 3.8) is 0 Å². The van der Waals surface area contributed by atoms with Gasteiger partial charge in [0.25, 0.3) is 0 Å². The molecule has 0 spiro atoms. The molecule has 1 aliphatic carbocycles. The van der Waals surface area contributed by atoms with Crippen molar-refractivity contribution in [3.05, 3.63) is 0 Å². The molecule has 0 aromatic rings. The van der Waals surface area contributed by atoms with Crippen LogP contribution in [-0.4, -0.2) is 32.0 Å². The summed E-state index contributed by atoms with van der Waals surface area (Å²) in [5.74, 6) is -1.18. The number of methoxy groups -OCH3 is 1. The Kier molecular flexibility index (Phi) is 5.73. The second-order valence-electron chi connectivity index (χ2n) is 4.89. The normalized spacial score (nSPS) is 28.1. The topological polar surface area (TPSA) is 21.3 Å². The molecule has 0 saturated heterocycles. The maximum Gasteiger partial charge on any atom is 0.393 e. The molecule has 17 heavy (non-hydrogen) atoms. The lowest BCUT2D eigenvalue weighted by Crippen LogP contribution is -2.48. The first-order chi connectivity index (χ1) is 7.95. The first-order valence-electron chi connectivity index (χ1n) is 6.27. The van der Waals surface area contributed by atoms with Gasteiger partial charge >= 0.3 is 6.18 Å². The first kappa shape index (κ1) is 14.8. The highest BCUT2D eigenvalue weighted by Crippen LogP contribution is 2.37. The van der Waals surface area contributed by atoms with Crippen molar-refractivity contribution in [2.24, 2.45) is 5.92 Å². The summed E-state index contributed by atoms with van der Waals surface area (Å²) >= 11 is 0. The lowest BCUT2D eigenvalue weighted by atomic mass is 9.83. The molecular formula is C12H22F3NO. The monoisotopic (exact) mass is 253 g/mol. The van der Waals surface area contributed by atoms with E-state index < -0.39 is 18.1 Å². The summed E-state index contributed by atoms with van der Waals surface area (Å²) in [6, 6.07) is -0.349. The number of nitrogens with one attached hydrogen (secondary N) is 1. The standard InChI is InChI=1S/C12H22F3NO/c1-9(7-8-17-2)16-11-6-4-3-5-10(11)12(13,14)15/h9-11,16H,3-8H2,1-2H3. The van der Waals surface area contributed by atoms with Gasteiger partial charge < -0.3 is 10.1 Å². The van der Waals surface area contributed by atoms with Crippen molar-refractivity contribution in [1.29, 1.82) is 0 Å². The molecule has 0 radical (unpaired) electrons. The largest absolute Gasteiger partial charge is 0.393 e. The molecule has 1 saturated carbocycles. The Morgan fingerprint density at radius 2 is 1.94 bits per heavy atom. The number of rotatable bonds is 5. The van der Waals surface area contributed by atoms with Gasteiger partial charge in [-0.3, -0.25) is 0 Å². The molecule has 1 N–H and O–H groups in total. The molecule has 0 amide bonds. The summed E-state index contributed by atoms with van der Waals surface area (Å²) in [6.07, 6.45) is -0.855. The Bertz CT molecular complexity index is 220. The van der Waals surface area contributed by atoms with E-state index >= 15 is 0 Å². The van der Waals surface area contributed by atoms with Crippen LogP contribution in [0.1, 0.15) is 39.0 Å². The van der Waals surface area contributed by atoms with Crippen LogP contribution in [0.2, 0.25) is 0 Å². The number of halogens is 3. The highest BCUT2D eigenvalue weighted by Gasteiger charge is 2.45. The van der Waals surface area contributed by atoms with Crippen molar-refractivity contribution in [1.82, 2.24) is 5.32 Å². The summed E-state index contributed by atoms with van der Waals surface area (Å²) < 4.78 is 43.4. The Hall–Kier alpha value is -0.290. The SMILES string of the molecule is COCCC(C)NC1CCCCC1C(F)(F)F. The second kappa shape index (κ2) is 6.59. The smallest absolute Gasteiger partial charge is 0.385 e. The van der Waals surface area contributed by atoms with Crippen LogP contribution >= 0.6 is 0 Å². The zero-order valence-electron chi connectivity index (χ0n) is 10.5. The molecule has 1 rings (SSSR count). The predicted octanol–water partition coefficient (Wildman–Crippen LogP) is 3.12. The first-order valence-corrected chi connectivity index (χ1v) is 6.27. The van der Waals surface area contributed by atoms with Crippen molar-refractivity contribution in [3.8, 4) is 0 Å². The van der Waals surface area contributed by atoms with Gasteiger partial charge in [-0.1, -0.05) is 12.8 Å². The maximum absolute atomic E-state index is 12.8. The van der Waals surface area contributed by atoms with Crippen molar-refractivity contribution in [2.45, 2.75) is 57.3 Å². The van der Waals surface area contributed by atoms with Crippen LogP contribution in [0.5, 0.6) is 0 Å². The lowest BCUT2D eigenvalue weighted by Gasteiger charge is -2.35. The van der Waals surface area contributed by atoms with Crippen LogP contribution in [0.15, 0.2) is 0 Å². The molecule has 0 bridgehead atoms. The average Bonchev–Trinajstić information content (AvgIpc) is 2.25. The number of hydrogen-bond acceptors (Lipinski definition) is 2. The van der Waals surface area contributed by atoms with E-state index in [-0.39, 0.29) is 12.5 Å². The molecule has 102 valence electrons. The van der Waals surface area contributed by atoms with Crippen LogP contribution in [0, 0.1) is 5.92 Å². The molecular weight excluding hydrogens is 231 g/mol. The Labute approximate surface area is 101 Å². The zero-order chi connectivity index (χ0) is 12.9. The van der Waals surface area contributed by atoms with Crippen LogP contribution < -0.4 is 5.32 Å². The van der Waals surface area contributed by atoms with Crippen molar-refractivity contribution >= 4 is 0 Å². The summed E-state index contributed by atoms with van der Waals surface area (Å²) in [6.45, 7) is 2.50. The Morgan fingerprint density at radius 1 is 1.29 bits per heavy atom. The minimum absolute atomic E-state index is 0.0721. The van der Waals surface area contributed by atoms with E-state index in [0.717, 1.165) is 12.8 Å². The number of hydrogen-bond donors (Lipinski definition) is 1. The molecule has 5 heteroatoms. The van der Waals surface area contributed by atoms with Gasteiger partial charge in [-0.05, 0) is 26.2 Å². The van der Waals surface area contributed by atoms with Gasteiger partial charge in [-0.25, -0.2) is 0 Å². The fourth-order valence-electron chi connectivity index (χ4n) is 2.47. The van der Waals surface area contributed by atoms with Gasteiger partial charge in [0.1, 0.15) is 0 Å². The van der Waals surface area contributed by atoms with Gasteiger partial charge in [-0.2, -0.15) is 13.2 Å². The van der Waals surface area contributed by atoms with E-state index in [2.05, 4.69) is 5.32 Å². The molecule has 0 aromatic heterocycles. The summed E-state index contributed by atoms with van der Waals surface area (Å²) in [5, 5.41) is 3.11. The van der Waals surface area contributed by atoms with E-state index in [0.29, 0.717) is 19.4 Å². The highest BCUT2D eigenvalue weighted by molar-refractivity contribution is 4.86. The number of alkyl halides is 3. The quantitative estimate of drug-likeness (QED) is 0.812. The fraction of sp³-hybridized carbons (Fsp3) is 1.00. The van der Waals surface area contributed by atoms with E-state index in [1.807, 2.05) is 6.92 Å². The molecule has 1 fully saturated rings. The predicted molar refractivity (Wildman–Crippen MR) is 60.9 cm³/mol. The molecule has 0 heterocycles. The molecule has 1 aliphatic rings. The van der Waals surface area contributed by atoms with Crippen LogP contribution in [0.4, 0.5) is 13.2 Å². The van der Waals surface area contributed by atoms with Crippen LogP contribution in [-0.2, 0) is 4.74 Å². The minimum atomic E-state index is -4.07. The molecule has 3 atom stereocenters. The van der Waals surface area contributed by atoms with Crippen LogP contribution in [0.3, 0.4) is 0 Å². The van der Waals surface area contributed by atoms with Crippen LogP contribution in [0.25, 0.3) is 0 Å². The van der Waals surface area contributed by atoms with Gasteiger partial charge in [0.05, 0.1) is 5.92 Å². The number of ether oxygens (including phenoxy) is 1. The average molecular weight is 253 g/mol. The van der Waals surface area contributed by atoms with Gasteiger partial charge in [0.15, 0.2) is 0 Å². The summed E-state index contributed by atoms with van der Waals surface area (Å²) in [7, 11) is 1.60. The molecule has 0 aliphatic heterocycles. The third kappa shape index (κ3) is 4.84. The summed E-state index contributed by atoms with van der Waals surface area (Å²) in [4.78, 5) is 0. The van der Waals surface area contributed by atoms with Gasteiger partial charge in [-0.15, -0.1) is 0 Å². The third-order valence-electron chi connectivity index (χ3n) is 3.44. The maximum atomic E-state index is 12.8. The Morgan fingerprint density at radius 3 is 2.53 bits per heavy atom. The van der Waals surface area contributed by atoms with Crippen molar-refractivity contribution < 1.29 is 17.9 Å². The van der Waals surface area contributed by atoms with E-state index in [1.54, 1.807) is 7.11 Å². The van der Waals surface area contributed by atoms with E-state index in [4.69, 9.17) is 4.74 Å². The fourth-order valence-corrected chi connectivity index (χ4v) is 2.47. The van der Waals surface area contributed by atoms with Crippen molar-refractivity contribution in [2.75, 3.05) is 13.7 Å². The van der Waals surface area contributed by atoms with E-state index in [9.17, 15) is 13.2 Å². The summed E-state index contributed by atoms with van der Waals surface area (Å²) in [5.41, 5.74) is 0. The molecule has 2 nitrogen and oxygen atoms in total. The van der Waals surface area contributed by atoms with E-state index in [1.165, 1.54) is 0 Å². The second-order valence-corrected chi connectivity index (χ2v) is 4.89. The zero-order valence-corrected chi connectivity index (χ0v) is 10.5. The third-order valence-corrected chi connectivity index (χ3v) is 3.44.